The Labute approximate surface area is 82.9 Å². The molecular weight excluding hydrogens is 186 g/mol. The van der Waals surface area contributed by atoms with Gasteiger partial charge in [0.2, 0.25) is 0 Å². The van der Waals surface area contributed by atoms with Crippen LogP contribution in [0.25, 0.3) is 0 Å². The molecular formula is C10H12ClNO. The number of hydrogen-bond acceptors (Lipinski definition) is 2. The van der Waals surface area contributed by atoms with Gasteiger partial charge in [-0.05, 0) is 25.6 Å². The summed E-state index contributed by atoms with van der Waals surface area (Å²) in [5.74, 6) is 0.0330. The highest BCUT2D eigenvalue weighted by Gasteiger charge is 2.11. The van der Waals surface area contributed by atoms with Gasteiger partial charge in [-0.1, -0.05) is 23.7 Å². The van der Waals surface area contributed by atoms with Gasteiger partial charge in [0.1, 0.15) is 0 Å². The Bertz CT molecular complexity index is 302. The van der Waals surface area contributed by atoms with E-state index in [0.29, 0.717) is 17.1 Å². The van der Waals surface area contributed by atoms with Crippen LogP contribution in [0, 0.1) is 6.92 Å². The zero-order valence-electron chi connectivity index (χ0n) is 7.73. The minimum atomic E-state index is 0.0330. The smallest absolute Gasteiger partial charge is 0.178 e. The lowest BCUT2D eigenvalue weighted by molar-refractivity contribution is 0.0993. The van der Waals surface area contributed by atoms with Gasteiger partial charge in [-0.15, -0.1) is 0 Å². The number of carbonyl (C=O) groups excluding carboxylic acids is 1. The quantitative estimate of drug-likeness (QED) is 0.752. The Kier molecular flexibility index (Phi) is 3.46. The summed E-state index contributed by atoms with van der Waals surface area (Å²) < 4.78 is 0. The van der Waals surface area contributed by atoms with Crippen molar-refractivity contribution < 1.29 is 4.79 Å². The van der Waals surface area contributed by atoms with Gasteiger partial charge < -0.3 is 5.32 Å². The number of nitrogens with one attached hydrogen (secondary N) is 1. The van der Waals surface area contributed by atoms with Crippen molar-refractivity contribution in [3.8, 4) is 0 Å². The van der Waals surface area contributed by atoms with Gasteiger partial charge in [0, 0.05) is 5.56 Å². The molecule has 0 aliphatic heterocycles. The van der Waals surface area contributed by atoms with Crippen molar-refractivity contribution in [1.29, 1.82) is 0 Å². The van der Waals surface area contributed by atoms with Gasteiger partial charge in [0.05, 0.1) is 11.6 Å². The third-order valence-electron chi connectivity index (χ3n) is 1.84. The molecule has 0 radical (unpaired) electrons. The Balaban J connectivity index is 3.05. The van der Waals surface area contributed by atoms with E-state index in [-0.39, 0.29) is 5.78 Å². The van der Waals surface area contributed by atoms with Gasteiger partial charge >= 0.3 is 0 Å². The van der Waals surface area contributed by atoms with Crippen LogP contribution in [0.3, 0.4) is 0 Å². The van der Waals surface area contributed by atoms with E-state index >= 15 is 0 Å². The lowest BCUT2D eigenvalue weighted by atomic mass is 10.0. The molecule has 0 bridgehead atoms. The number of Topliss-reactive ketones (excluding diaryl/α,β-unsaturated/α-hetero) is 1. The molecule has 0 saturated heterocycles. The molecule has 13 heavy (non-hydrogen) atoms. The molecule has 0 atom stereocenters. The Morgan fingerprint density at radius 3 is 2.77 bits per heavy atom. The number of hydrogen-bond donors (Lipinski definition) is 1. The first-order chi connectivity index (χ1) is 6.16. The molecule has 1 aromatic carbocycles. The van der Waals surface area contributed by atoms with Crippen molar-refractivity contribution >= 4 is 17.4 Å². The fourth-order valence-electron chi connectivity index (χ4n) is 1.23. The topological polar surface area (TPSA) is 29.1 Å². The van der Waals surface area contributed by atoms with E-state index in [4.69, 9.17) is 11.6 Å². The largest absolute Gasteiger partial charge is 0.313 e. The standard InChI is InChI=1S/C10H12ClNO/c1-7-4-3-5-8(11)10(7)9(13)6-12-2/h3-5,12H,6H2,1-2H3. The Morgan fingerprint density at radius 1 is 1.54 bits per heavy atom. The van der Waals surface area contributed by atoms with Gasteiger partial charge in [-0.25, -0.2) is 0 Å². The average Bonchev–Trinajstić information content (AvgIpc) is 2.04. The SMILES string of the molecule is CNCC(=O)c1c(C)cccc1Cl. The predicted octanol–water partition coefficient (Wildman–Crippen LogP) is 2.05. The summed E-state index contributed by atoms with van der Waals surface area (Å²) in [4.78, 5) is 11.5. The number of carbonyl (C=O) groups is 1. The normalized spacial score (nSPS) is 10.1. The lowest BCUT2D eigenvalue weighted by Gasteiger charge is -2.05. The fraction of sp³-hybridized carbons (Fsp3) is 0.300. The van der Waals surface area contributed by atoms with Crippen LogP contribution >= 0.6 is 11.6 Å². The predicted molar refractivity (Wildman–Crippen MR) is 54.4 cm³/mol. The van der Waals surface area contributed by atoms with Crippen LogP contribution < -0.4 is 5.32 Å². The second kappa shape index (κ2) is 4.40. The molecule has 0 unspecified atom stereocenters. The molecule has 0 saturated carbocycles. The van der Waals surface area contributed by atoms with E-state index < -0.39 is 0 Å². The third kappa shape index (κ3) is 2.29. The van der Waals surface area contributed by atoms with Gasteiger partial charge in [0.25, 0.3) is 0 Å². The second-order valence-corrected chi connectivity index (χ2v) is 3.29. The summed E-state index contributed by atoms with van der Waals surface area (Å²) in [6.45, 7) is 2.21. The van der Waals surface area contributed by atoms with Gasteiger partial charge in [-0.3, -0.25) is 4.79 Å². The van der Waals surface area contributed by atoms with Crippen LogP contribution in [-0.2, 0) is 0 Å². The first-order valence-electron chi connectivity index (χ1n) is 4.09. The fourth-order valence-corrected chi connectivity index (χ4v) is 1.56. The summed E-state index contributed by atoms with van der Waals surface area (Å²) in [6.07, 6.45) is 0. The number of ketones is 1. The maximum atomic E-state index is 11.5. The van der Waals surface area contributed by atoms with Crippen molar-refractivity contribution in [2.45, 2.75) is 6.92 Å². The maximum absolute atomic E-state index is 11.5. The maximum Gasteiger partial charge on any atom is 0.178 e. The molecule has 0 aliphatic rings. The number of likely N-dealkylation sites (N-methyl/N-ethyl adjacent to an activating group) is 1. The molecule has 3 heteroatoms. The average molecular weight is 198 g/mol. The molecule has 2 nitrogen and oxygen atoms in total. The van der Waals surface area contributed by atoms with Crippen LogP contribution in [0.2, 0.25) is 5.02 Å². The molecule has 1 N–H and O–H groups in total. The third-order valence-corrected chi connectivity index (χ3v) is 2.15. The zero-order valence-corrected chi connectivity index (χ0v) is 8.48. The van der Waals surface area contributed by atoms with E-state index in [2.05, 4.69) is 5.32 Å². The molecule has 0 fully saturated rings. The summed E-state index contributed by atoms with van der Waals surface area (Å²) in [5.41, 5.74) is 1.55. The van der Waals surface area contributed by atoms with E-state index in [1.54, 1.807) is 13.1 Å². The molecule has 0 amide bonds. The van der Waals surface area contributed by atoms with Crippen molar-refractivity contribution in [1.82, 2.24) is 5.32 Å². The zero-order chi connectivity index (χ0) is 9.84. The monoisotopic (exact) mass is 197 g/mol. The minimum Gasteiger partial charge on any atom is -0.313 e. The van der Waals surface area contributed by atoms with Gasteiger partial charge in [-0.2, -0.15) is 0 Å². The van der Waals surface area contributed by atoms with E-state index in [9.17, 15) is 4.79 Å². The Morgan fingerprint density at radius 2 is 2.23 bits per heavy atom. The summed E-state index contributed by atoms with van der Waals surface area (Å²) >= 11 is 5.91. The molecule has 1 rings (SSSR count). The van der Waals surface area contributed by atoms with Crippen LogP contribution in [0.4, 0.5) is 0 Å². The molecule has 1 aromatic rings. The highest BCUT2D eigenvalue weighted by molar-refractivity contribution is 6.34. The van der Waals surface area contributed by atoms with Gasteiger partial charge in [0.15, 0.2) is 5.78 Å². The molecule has 0 spiro atoms. The van der Waals surface area contributed by atoms with Crippen molar-refractivity contribution in [3.05, 3.63) is 34.3 Å². The Hall–Kier alpha value is -0.860. The molecule has 0 aliphatic carbocycles. The minimum absolute atomic E-state index is 0.0330. The highest BCUT2D eigenvalue weighted by Crippen LogP contribution is 2.19. The summed E-state index contributed by atoms with van der Waals surface area (Å²) in [5, 5.41) is 3.34. The van der Waals surface area contributed by atoms with Crippen LogP contribution in [0.1, 0.15) is 15.9 Å². The number of aryl methyl sites for hydroxylation is 1. The van der Waals surface area contributed by atoms with E-state index in [1.165, 1.54) is 0 Å². The van der Waals surface area contributed by atoms with Crippen LogP contribution in [-0.4, -0.2) is 19.4 Å². The van der Waals surface area contributed by atoms with Crippen LogP contribution in [0.5, 0.6) is 0 Å². The first kappa shape index (κ1) is 10.2. The summed E-state index contributed by atoms with van der Waals surface area (Å²) in [7, 11) is 1.74. The van der Waals surface area contributed by atoms with Crippen molar-refractivity contribution in [3.63, 3.8) is 0 Å². The number of rotatable bonds is 3. The highest BCUT2D eigenvalue weighted by atomic mass is 35.5. The van der Waals surface area contributed by atoms with Crippen LogP contribution in [0.15, 0.2) is 18.2 Å². The number of halogens is 1. The van der Waals surface area contributed by atoms with Crippen molar-refractivity contribution in [2.75, 3.05) is 13.6 Å². The summed E-state index contributed by atoms with van der Waals surface area (Å²) in [6, 6.07) is 5.46. The second-order valence-electron chi connectivity index (χ2n) is 2.89. The van der Waals surface area contributed by atoms with E-state index in [0.717, 1.165) is 5.56 Å². The van der Waals surface area contributed by atoms with Crippen molar-refractivity contribution in [2.24, 2.45) is 0 Å². The molecule has 70 valence electrons. The molecule has 0 heterocycles. The van der Waals surface area contributed by atoms with E-state index in [1.807, 2.05) is 19.1 Å². The number of benzene rings is 1. The molecule has 0 aromatic heterocycles. The lowest BCUT2D eigenvalue weighted by Crippen LogP contribution is -2.19. The first-order valence-corrected chi connectivity index (χ1v) is 4.47.